The second kappa shape index (κ2) is 10.4. The fourth-order valence-electron chi connectivity index (χ4n) is 3.65. The molecule has 1 saturated carbocycles. The largest absolute Gasteiger partial charge is 0.492 e. The van der Waals surface area contributed by atoms with Crippen molar-refractivity contribution >= 4 is 17.5 Å². The summed E-state index contributed by atoms with van der Waals surface area (Å²) in [4.78, 5) is 29.5. The third-order valence-electron chi connectivity index (χ3n) is 5.61. The molecule has 0 radical (unpaired) electrons. The molecule has 0 atom stereocenters. The molecular formula is C24H30N4O3. The lowest BCUT2D eigenvalue weighted by molar-refractivity contribution is -0.117. The van der Waals surface area contributed by atoms with Gasteiger partial charge in [-0.15, -0.1) is 0 Å². The first-order valence-corrected chi connectivity index (χ1v) is 11.0. The number of anilines is 1. The number of amides is 2. The molecule has 7 heteroatoms. The molecule has 1 aliphatic heterocycles. The summed E-state index contributed by atoms with van der Waals surface area (Å²) in [6.07, 6.45) is 2.06. The second-order valence-corrected chi connectivity index (χ2v) is 8.12. The molecule has 31 heavy (non-hydrogen) atoms. The summed E-state index contributed by atoms with van der Waals surface area (Å²) in [5.74, 6) is 0.682. The Morgan fingerprint density at radius 2 is 1.58 bits per heavy atom. The van der Waals surface area contributed by atoms with E-state index in [1.54, 1.807) is 12.1 Å². The Balaban J connectivity index is 1.19. The van der Waals surface area contributed by atoms with E-state index in [-0.39, 0.29) is 17.9 Å². The highest BCUT2D eigenvalue weighted by molar-refractivity contribution is 6.04. The van der Waals surface area contributed by atoms with Gasteiger partial charge in [0, 0.05) is 38.8 Å². The van der Waals surface area contributed by atoms with Crippen molar-refractivity contribution in [3.05, 3.63) is 60.2 Å². The Morgan fingerprint density at radius 3 is 2.32 bits per heavy atom. The van der Waals surface area contributed by atoms with Crippen LogP contribution in [0.15, 0.2) is 54.6 Å². The normalized spacial score (nSPS) is 17.2. The predicted octanol–water partition coefficient (Wildman–Crippen LogP) is 2.21. The van der Waals surface area contributed by atoms with Crippen molar-refractivity contribution in [3.63, 3.8) is 0 Å². The molecule has 4 rings (SSSR count). The molecular weight excluding hydrogens is 392 g/mol. The van der Waals surface area contributed by atoms with Crippen LogP contribution in [0.25, 0.3) is 0 Å². The van der Waals surface area contributed by atoms with Crippen molar-refractivity contribution in [3.8, 4) is 5.75 Å². The molecule has 2 aromatic rings. The fourth-order valence-corrected chi connectivity index (χ4v) is 3.65. The molecule has 2 aliphatic rings. The van der Waals surface area contributed by atoms with Gasteiger partial charge in [0.15, 0.2) is 0 Å². The first-order chi connectivity index (χ1) is 15.2. The van der Waals surface area contributed by atoms with E-state index in [0.29, 0.717) is 24.4 Å². The molecule has 2 aromatic carbocycles. The number of benzene rings is 2. The average Bonchev–Trinajstić information content (AvgIpc) is 3.60. The van der Waals surface area contributed by atoms with Gasteiger partial charge < -0.3 is 15.4 Å². The summed E-state index contributed by atoms with van der Waals surface area (Å²) in [7, 11) is 0. The van der Waals surface area contributed by atoms with Crippen LogP contribution >= 0.6 is 0 Å². The van der Waals surface area contributed by atoms with Gasteiger partial charge in [-0.05, 0) is 37.1 Å². The van der Waals surface area contributed by atoms with Gasteiger partial charge in [0.25, 0.3) is 5.91 Å². The first-order valence-electron chi connectivity index (χ1n) is 11.0. The van der Waals surface area contributed by atoms with E-state index in [2.05, 4.69) is 20.4 Å². The molecule has 1 heterocycles. The van der Waals surface area contributed by atoms with Crippen LogP contribution in [0.4, 0.5) is 5.69 Å². The van der Waals surface area contributed by atoms with Crippen molar-refractivity contribution in [1.29, 1.82) is 0 Å². The third kappa shape index (κ3) is 6.54. The fraction of sp³-hybridized carbons (Fsp3) is 0.417. The minimum atomic E-state index is -0.121. The number of hydrogen-bond donors (Lipinski definition) is 2. The van der Waals surface area contributed by atoms with Gasteiger partial charge in [-0.2, -0.15) is 0 Å². The Labute approximate surface area is 183 Å². The lowest BCUT2D eigenvalue weighted by Crippen LogP contribution is -2.49. The Morgan fingerprint density at radius 1 is 0.903 bits per heavy atom. The summed E-state index contributed by atoms with van der Waals surface area (Å²) >= 11 is 0. The van der Waals surface area contributed by atoms with E-state index in [0.717, 1.165) is 51.3 Å². The van der Waals surface area contributed by atoms with E-state index >= 15 is 0 Å². The highest BCUT2D eigenvalue weighted by atomic mass is 16.5. The van der Waals surface area contributed by atoms with Crippen molar-refractivity contribution in [2.24, 2.45) is 0 Å². The molecule has 0 unspecified atom stereocenters. The van der Waals surface area contributed by atoms with E-state index in [1.807, 2.05) is 42.5 Å². The zero-order valence-corrected chi connectivity index (χ0v) is 17.8. The number of hydrogen-bond acceptors (Lipinski definition) is 5. The smallest absolute Gasteiger partial charge is 0.253 e. The van der Waals surface area contributed by atoms with E-state index < -0.39 is 0 Å². The van der Waals surface area contributed by atoms with Crippen LogP contribution in [0.3, 0.4) is 0 Å². The monoisotopic (exact) mass is 422 g/mol. The van der Waals surface area contributed by atoms with Crippen molar-refractivity contribution in [2.75, 3.05) is 51.2 Å². The number of nitrogens with zero attached hydrogens (tertiary/aromatic N) is 2. The summed E-state index contributed by atoms with van der Waals surface area (Å²) in [6.45, 7) is 5.35. The average molecular weight is 423 g/mol. The maximum atomic E-state index is 12.6. The maximum Gasteiger partial charge on any atom is 0.253 e. The summed E-state index contributed by atoms with van der Waals surface area (Å²) in [6, 6.07) is 17.3. The van der Waals surface area contributed by atoms with E-state index in [4.69, 9.17) is 4.74 Å². The van der Waals surface area contributed by atoms with Crippen LogP contribution in [-0.2, 0) is 4.79 Å². The van der Waals surface area contributed by atoms with Gasteiger partial charge in [0.2, 0.25) is 5.91 Å². The lowest BCUT2D eigenvalue weighted by atomic mass is 10.1. The molecule has 1 saturated heterocycles. The SMILES string of the molecule is O=C(CN1CCN(CCOc2ccccc2)CC1)Nc1ccccc1C(=O)NC1CC1. The zero-order chi connectivity index (χ0) is 21.5. The Bertz CT molecular complexity index is 877. The highest BCUT2D eigenvalue weighted by Crippen LogP contribution is 2.21. The number of rotatable bonds is 9. The topological polar surface area (TPSA) is 73.9 Å². The first kappa shape index (κ1) is 21.3. The number of carbonyl (C=O) groups is 2. The molecule has 7 nitrogen and oxygen atoms in total. The quantitative estimate of drug-likeness (QED) is 0.648. The van der Waals surface area contributed by atoms with Crippen LogP contribution in [0.5, 0.6) is 5.75 Å². The summed E-state index contributed by atoms with van der Waals surface area (Å²) in [5.41, 5.74) is 1.09. The molecule has 0 spiro atoms. The number of ether oxygens (including phenoxy) is 1. The minimum Gasteiger partial charge on any atom is -0.492 e. The molecule has 0 aromatic heterocycles. The van der Waals surface area contributed by atoms with Crippen molar-refractivity contribution in [1.82, 2.24) is 15.1 Å². The zero-order valence-electron chi connectivity index (χ0n) is 17.8. The van der Waals surface area contributed by atoms with Crippen LogP contribution in [-0.4, -0.2) is 73.5 Å². The van der Waals surface area contributed by atoms with Gasteiger partial charge in [-0.3, -0.25) is 19.4 Å². The molecule has 2 N–H and O–H groups in total. The van der Waals surface area contributed by atoms with Crippen molar-refractivity contribution in [2.45, 2.75) is 18.9 Å². The molecule has 1 aliphatic carbocycles. The lowest BCUT2D eigenvalue weighted by Gasteiger charge is -2.34. The standard InChI is InChI=1S/C24H30N4O3/c29-23(26-22-9-5-4-8-21(22)24(30)25-19-10-11-19)18-28-14-12-27(13-15-28)16-17-31-20-6-2-1-3-7-20/h1-9,19H,10-18H2,(H,25,30)(H,26,29). The molecule has 164 valence electrons. The number of para-hydroxylation sites is 2. The van der Waals surface area contributed by atoms with Gasteiger partial charge >= 0.3 is 0 Å². The number of carbonyl (C=O) groups excluding carboxylic acids is 2. The van der Waals surface area contributed by atoms with Gasteiger partial charge in [0.05, 0.1) is 17.8 Å². The van der Waals surface area contributed by atoms with Crippen LogP contribution < -0.4 is 15.4 Å². The Hall–Kier alpha value is -2.90. The van der Waals surface area contributed by atoms with E-state index in [9.17, 15) is 9.59 Å². The third-order valence-corrected chi connectivity index (χ3v) is 5.61. The van der Waals surface area contributed by atoms with Gasteiger partial charge in [-0.1, -0.05) is 30.3 Å². The number of nitrogens with one attached hydrogen (secondary N) is 2. The van der Waals surface area contributed by atoms with Crippen LogP contribution in [0.1, 0.15) is 23.2 Å². The number of piperazine rings is 1. The molecule has 2 fully saturated rings. The predicted molar refractivity (Wildman–Crippen MR) is 120 cm³/mol. The van der Waals surface area contributed by atoms with Crippen molar-refractivity contribution < 1.29 is 14.3 Å². The summed E-state index contributed by atoms with van der Waals surface area (Å²) < 4.78 is 5.77. The second-order valence-electron chi connectivity index (χ2n) is 8.12. The molecule has 2 amide bonds. The van der Waals surface area contributed by atoms with Gasteiger partial charge in [-0.25, -0.2) is 0 Å². The maximum absolute atomic E-state index is 12.6. The Kier molecular flexibility index (Phi) is 7.17. The minimum absolute atomic E-state index is 0.0902. The van der Waals surface area contributed by atoms with Gasteiger partial charge in [0.1, 0.15) is 12.4 Å². The van der Waals surface area contributed by atoms with Crippen LogP contribution in [0.2, 0.25) is 0 Å². The van der Waals surface area contributed by atoms with E-state index in [1.165, 1.54) is 0 Å². The summed E-state index contributed by atoms with van der Waals surface area (Å²) in [5, 5.41) is 5.90. The van der Waals surface area contributed by atoms with Crippen LogP contribution in [0, 0.1) is 0 Å². The molecule has 0 bridgehead atoms. The highest BCUT2D eigenvalue weighted by Gasteiger charge is 2.25.